The molecule has 10 nitrogen and oxygen atoms in total. The molecule has 0 aliphatic carbocycles. The van der Waals surface area contributed by atoms with Gasteiger partial charge >= 0.3 is 0 Å². The molecule has 1 aliphatic heterocycles. The van der Waals surface area contributed by atoms with Crippen LogP contribution in [0.15, 0.2) is 52.9 Å². The monoisotopic (exact) mass is 471 g/mol. The van der Waals surface area contributed by atoms with Gasteiger partial charge in [-0.25, -0.2) is 18.4 Å². The zero-order chi connectivity index (χ0) is 22.9. The van der Waals surface area contributed by atoms with Crippen molar-refractivity contribution in [2.24, 2.45) is 5.73 Å². The SMILES string of the molecule is N=C(N)c1cccc(CN2CC[C@H](NS(=O)(=O)c3ccc(-c4ccnc(N)n4)s3)C2=O)c1. The summed E-state index contributed by atoms with van der Waals surface area (Å²) in [5.41, 5.74) is 13.0. The zero-order valence-electron chi connectivity index (χ0n) is 16.9. The molecule has 1 atom stereocenters. The third-order valence-electron chi connectivity index (χ3n) is 4.98. The van der Waals surface area contributed by atoms with Crippen LogP contribution in [0.3, 0.4) is 0 Å². The highest BCUT2D eigenvalue weighted by Gasteiger charge is 2.35. The van der Waals surface area contributed by atoms with Crippen molar-refractivity contribution in [2.75, 3.05) is 12.3 Å². The second-order valence-corrected chi connectivity index (χ2v) is 10.3. The molecule has 2 aromatic heterocycles. The van der Waals surface area contributed by atoms with E-state index in [9.17, 15) is 13.2 Å². The van der Waals surface area contributed by atoms with Crippen molar-refractivity contribution in [3.63, 3.8) is 0 Å². The summed E-state index contributed by atoms with van der Waals surface area (Å²) < 4.78 is 28.3. The number of carbonyl (C=O) groups excluding carboxylic acids is 1. The Morgan fingerprint density at radius 2 is 2.09 bits per heavy atom. The molecule has 32 heavy (non-hydrogen) atoms. The molecule has 1 aromatic carbocycles. The first-order valence-electron chi connectivity index (χ1n) is 9.66. The lowest BCUT2D eigenvalue weighted by atomic mass is 10.1. The molecule has 3 aromatic rings. The van der Waals surface area contributed by atoms with Crippen LogP contribution in [0, 0.1) is 5.41 Å². The number of anilines is 1. The van der Waals surface area contributed by atoms with E-state index in [-0.39, 0.29) is 21.9 Å². The van der Waals surface area contributed by atoms with E-state index in [1.807, 2.05) is 6.07 Å². The van der Waals surface area contributed by atoms with Crippen LogP contribution < -0.4 is 16.2 Å². The van der Waals surface area contributed by atoms with E-state index in [1.54, 1.807) is 35.2 Å². The van der Waals surface area contributed by atoms with Gasteiger partial charge in [0.25, 0.3) is 10.0 Å². The molecule has 166 valence electrons. The van der Waals surface area contributed by atoms with E-state index < -0.39 is 16.1 Å². The van der Waals surface area contributed by atoms with Crippen LogP contribution in [0.25, 0.3) is 10.6 Å². The average Bonchev–Trinajstić information content (AvgIpc) is 3.38. The highest BCUT2D eigenvalue weighted by Crippen LogP contribution is 2.30. The first-order valence-corrected chi connectivity index (χ1v) is 12.0. The molecule has 3 heterocycles. The second kappa shape index (κ2) is 8.65. The van der Waals surface area contributed by atoms with Crippen molar-refractivity contribution in [1.29, 1.82) is 5.41 Å². The highest BCUT2D eigenvalue weighted by molar-refractivity contribution is 7.91. The third kappa shape index (κ3) is 4.61. The molecule has 0 bridgehead atoms. The quantitative estimate of drug-likeness (QED) is 0.296. The third-order valence-corrected chi connectivity index (χ3v) is 8.05. The number of nitrogens with one attached hydrogen (secondary N) is 2. The fraction of sp³-hybridized carbons (Fsp3) is 0.200. The number of nitrogens with two attached hydrogens (primary N) is 2. The van der Waals surface area contributed by atoms with Crippen molar-refractivity contribution < 1.29 is 13.2 Å². The van der Waals surface area contributed by atoms with Gasteiger partial charge < -0.3 is 16.4 Å². The smallest absolute Gasteiger partial charge is 0.250 e. The largest absolute Gasteiger partial charge is 0.384 e. The van der Waals surface area contributed by atoms with E-state index in [0.717, 1.165) is 16.9 Å². The summed E-state index contributed by atoms with van der Waals surface area (Å²) in [5, 5.41) is 7.54. The van der Waals surface area contributed by atoms with Crippen LogP contribution in [0.4, 0.5) is 5.95 Å². The predicted octanol–water partition coefficient (Wildman–Crippen LogP) is 1.15. The number of benzene rings is 1. The van der Waals surface area contributed by atoms with Crippen LogP contribution in [0.2, 0.25) is 0 Å². The van der Waals surface area contributed by atoms with Crippen molar-refractivity contribution in [2.45, 2.75) is 23.2 Å². The summed E-state index contributed by atoms with van der Waals surface area (Å²) in [6.07, 6.45) is 1.87. The maximum absolute atomic E-state index is 12.9. The highest BCUT2D eigenvalue weighted by atomic mass is 32.2. The van der Waals surface area contributed by atoms with Crippen LogP contribution in [0.5, 0.6) is 0 Å². The molecule has 0 unspecified atom stereocenters. The molecule has 1 amide bonds. The van der Waals surface area contributed by atoms with Gasteiger partial charge in [0.1, 0.15) is 16.1 Å². The molecule has 1 saturated heterocycles. The number of nitrogens with zero attached hydrogens (tertiary/aromatic N) is 3. The maximum atomic E-state index is 12.9. The van der Waals surface area contributed by atoms with Gasteiger partial charge in [-0.15, -0.1) is 11.3 Å². The van der Waals surface area contributed by atoms with Crippen molar-refractivity contribution >= 4 is 39.1 Å². The average molecular weight is 472 g/mol. The lowest BCUT2D eigenvalue weighted by Gasteiger charge is -2.17. The number of nitrogen functional groups attached to an aromatic ring is 2. The lowest BCUT2D eigenvalue weighted by Crippen LogP contribution is -2.41. The second-order valence-electron chi connectivity index (χ2n) is 7.26. The Kier molecular flexibility index (Phi) is 5.91. The normalized spacial score (nSPS) is 16.4. The van der Waals surface area contributed by atoms with Crippen molar-refractivity contribution in [3.8, 4) is 10.6 Å². The maximum Gasteiger partial charge on any atom is 0.250 e. The van der Waals surface area contributed by atoms with Gasteiger partial charge in [0, 0.05) is 24.8 Å². The van der Waals surface area contributed by atoms with Gasteiger partial charge in [0.15, 0.2) is 0 Å². The number of thiophene rings is 1. The Morgan fingerprint density at radius 3 is 2.84 bits per heavy atom. The van der Waals surface area contributed by atoms with Gasteiger partial charge in [-0.2, -0.15) is 4.72 Å². The molecule has 1 fully saturated rings. The summed E-state index contributed by atoms with van der Waals surface area (Å²) in [7, 11) is -3.89. The summed E-state index contributed by atoms with van der Waals surface area (Å²) in [6.45, 7) is 0.739. The first-order chi connectivity index (χ1) is 15.2. The van der Waals surface area contributed by atoms with E-state index >= 15 is 0 Å². The Labute approximate surface area is 188 Å². The van der Waals surface area contributed by atoms with Gasteiger partial charge in [0.05, 0.1) is 10.6 Å². The first kappa shape index (κ1) is 21.9. The number of aromatic nitrogens is 2. The molecule has 0 spiro atoms. The Bertz CT molecular complexity index is 1290. The Balaban J connectivity index is 1.45. The minimum Gasteiger partial charge on any atom is -0.384 e. The van der Waals surface area contributed by atoms with Crippen LogP contribution >= 0.6 is 11.3 Å². The van der Waals surface area contributed by atoms with E-state index in [1.165, 1.54) is 12.3 Å². The standard InChI is InChI=1S/C20H21N7O3S2/c21-18(22)13-3-1-2-12(10-13)11-27-9-7-15(19(27)28)26-32(29,30)17-5-4-16(31-17)14-6-8-24-20(23)25-14/h1-6,8,10,15,26H,7,9,11H2,(H3,21,22)(H2,23,24,25)/t15-/m0/s1. The number of amides is 1. The summed E-state index contributed by atoms with van der Waals surface area (Å²) in [4.78, 5) is 23.0. The molecular formula is C20H21N7O3S2. The number of likely N-dealkylation sites (tertiary alicyclic amines) is 1. The van der Waals surface area contributed by atoms with Crippen molar-refractivity contribution in [1.82, 2.24) is 19.6 Å². The lowest BCUT2D eigenvalue weighted by molar-refractivity contribution is -0.129. The van der Waals surface area contributed by atoms with E-state index in [2.05, 4.69) is 14.7 Å². The number of amidine groups is 1. The summed E-state index contributed by atoms with van der Waals surface area (Å²) in [6, 6.07) is 11.0. The molecule has 0 radical (unpaired) electrons. The molecular weight excluding hydrogens is 450 g/mol. The van der Waals surface area contributed by atoms with Crippen LogP contribution in [0.1, 0.15) is 17.5 Å². The Morgan fingerprint density at radius 1 is 1.28 bits per heavy atom. The minimum atomic E-state index is -3.89. The fourth-order valence-electron chi connectivity index (χ4n) is 3.42. The molecule has 4 rings (SSSR count). The topological polar surface area (TPSA) is 168 Å². The van der Waals surface area contributed by atoms with Gasteiger partial charge in [-0.3, -0.25) is 10.2 Å². The predicted molar refractivity (Wildman–Crippen MR) is 121 cm³/mol. The molecule has 0 saturated carbocycles. The number of rotatable bonds is 7. The number of hydrogen-bond donors (Lipinski definition) is 4. The number of carbonyl (C=O) groups is 1. The van der Waals surface area contributed by atoms with Gasteiger partial charge in [-0.1, -0.05) is 18.2 Å². The Hall–Kier alpha value is -3.35. The van der Waals surface area contributed by atoms with E-state index in [0.29, 0.717) is 35.6 Å². The van der Waals surface area contributed by atoms with Gasteiger partial charge in [0.2, 0.25) is 11.9 Å². The van der Waals surface area contributed by atoms with E-state index in [4.69, 9.17) is 16.9 Å². The minimum absolute atomic E-state index is 0.0507. The zero-order valence-corrected chi connectivity index (χ0v) is 18.5. The molecule has 12 heteroatoms. The molecule has 6 N–H and O–H groups in total. The number of hydrogen-bond acceptors (Lipinski definition) is 8. The summed E-state index contributed by atoms with van der Waals surface area (Å²) in [5.74, 6) is -0.240. The molecule has 1 aliphatic rings. The van der Waals surface area contributed by atoms with Gasteiger partial charge in [-0.05, 0) is 36.2 Å². The van der Waals surface area contributed by atoms with Crippen LogP contribution in [-0.4, -0.2) is 47.6 Å². The fourth-order valence-corrected chi connectivity index (χ4v) is 5.94. The number of sulfonamides is 1. The van der Waals surface area contributed by atoms with Crippen molar-refractivity contribution in [3.05, 3.63) is 59.8 Å². The van der Waals surface area contributed by atoms with Crippen LogP contribution in [-0.2, 0) is 21.4 Å². The summed E-state index contributed by atoms with van der Waals surface area (Å²) >= 11 is 1.04.